The van der Waals surface area contributed by atoms with Crippen molar-refractivity contribution in [2.75, 3.05) is 26.4 Å². The van der Waals surface area contributed by atoms with Crippen molar-refractivity contribution in [3.05, 3.63) is 0 Å². The first-order valence-electron chi connectivity index (χ1n) is 6.30. The summed E-state index contributed by atoms with van der Waals surface area (Å²) in [6.07, 6.45) is 0.288. The average molecular weight is 231 g/mol. The molecule has 0 saturated carbocycles. The topological polar surface area (TPSA) is 30.5 Å². The highest BCUT2D eigenvalue weighted by molar-refractivity contribution is 4.79. The molecule has 1 unspecified atom stereocenters. The summed E-state index contributed by atoms with van der Waals surface area (Å²) < 4.78 is 11.1. The number of rotatable bonds is 8. The minimum absolute atomic E-state index is 0.231. The van der Waals surface area contributed by atoms with Gasteiger partial charge >= 0.3 is 0 Å². The first-order chi connectivity index (χ1) is 7.38. The highest BCUT2D eigenvalue weighted by Gasteiger charge is 2.23. The minimum atomic E-state index is 0.231. The second-order valence-electron chi connectivity index (χ2n) is 5.47. The van der Waals surface area contributed by atoms with E-state index in [4.69, 9.17) is 9.47 Å². The van der Waals surface area contributed by atoms with E-state index in [0.29, 0.717) is 19.3 Å². The Labute approximate surface area is 101 Å². The van der Waals surface area contributed by atoms with Gasteiger partial charge in [0, 0.05) is 6.04 Å². The highest BCUT2D eigenvalue weighted by Crippen LogP contribution is 2.19. The van der Waals surface area contributed by atoms with Gasteiger partial charge in [-0.3, -0.25) is 0 Å². The van der Waals surface area contributed by atoms with Gasteiger partial charge in [0.05, 0.1) is 25.9 Å². The second-order valence-corrected chi connectivity index (χ2v) is 5.47. The molecule has 3 nitrogen and oxygen atoms in total. The Bertz CT molecular complexity index is 164. The average Bonchev–Trinajstić information content (AvgIpc) is 2.13. The van der Waals surface area contributed by atoms with E-state index in [2.05, 4.69) is 33.0 Å². The largest absolute Gasteiger partial charge is 0.377 e. The lowest BCUT2D eigenvalue weighted by Gasteiger charge is -2.31. The molecule has 0 aromatic rings. The van der Waals surface area contributed by atoms with Crippen molar-refractivity contribution in [1.82, 2.24) is 5.32 Å². The van der Waals surface area contributed by atoms with Crippen molar-refractivity contribution < 1.29 is 9.47 Å². The molecule has 0 saturated heterocycles. The molecule has 0 aliphatic rings. The molecule has 1 N–H and O–H groups in total. The van der Waals surface area contributed by atoms with Crippen LogP contribution in [0.5, 0.6) is 0 Å². The Morgan fingerprint density at radius 1 is 1.12 bits per heavy atom. The number of nitrogens with one attached hydrogen (secondary N) is 1. The number of likely N-dealkylation sites (N-methyl/N-ethyl adjacent to an activating group) is 1. The first-order valence-corrected chi connectivity index (χ1v) is 6.30. The van der Waals surface area contributed by atoms with Crippen molar-refractivity contribution in [1.29, 1.82) is 0 Å². The van der Waals surface area contributed by atoms with Crippen LogP contribution < -0.4 is 5.32 Å². The Kier molecular flexibility index (Phi) is 7.98. The van der Waals surface area contributed by atoms with Crippen LogP contribution in [0, 0.1) is 5.41 Å². The summed E-state index contributed by atoms with van der Waals surface area (Å²) in [7, 11) is 0. The second kappa shape index (κ2) is 8.04. The highest BCUT2D eigenvalue weighted by atomic mass is 16.5. The molecule has 3 heteroatoms. The van der Waals surface area contributed by atoms with Crippen LogP contribution in [0.4, 0.5) is 0 Å². The molecule has 0 fully saturated rings. The molecular weight excluding hydrogens is 202 g/mol. The SMILES string of the molecule is CCNC(COCCOC(C)C)C(C)(C)C. The predicted molar refractivity (Wildman–Crippen MR) is 68.8 cm³/mol. The van der Waals surface area contributed by atoms with Crippen LogP contribution in [0.2, 0.25) is 0 Å². The fraction of sp³-hybridized carbons (Fsp3) is 1.00. The van der Waals surface area contributed by atoms with E-state index in [-0.39, 0.29) is 11.5 Å². The maximum atomic E-state index is 5.64. The minimum Gasteiger partial charge on any atom is -0.377 e. The molecular formula is C13H29NO2. The fourth-order valence-electron chi connectivity index (χ4n) is 1.41. The summed E-state index contributed by atoms with van der Waals surface area (Å²) in [6, 6.07) is 0.400. The Balaban J connectivity index is 3.69. The summed E-state index contributed by atoms with van der Waals surface area (Å²) in [5.74, 6) is 0. The molecule has 98 valence electrons. The van der Waals surface area contributed by atoms with Gasteiger partial charge in [-0.15, -0.1) is 0 Å². The lowest BCUT2D eigenvalue weighted by molar-refractivity contribution is 0.00464. The Morgan fingerprint density at radius 2 is 1.75 bits per heavy atom. The van der Waals surface area contributed by atoms with Gasteiger partial charge in [-0.1, -0.05) is 27.7 Å². The third-order valence-electron chi connectivity index (χ3n) is 2.46. The van der Waals surface area contributed by atoms with E-state index < -0.39 is 0 Å². The molecule has 0 heterocycles. The summed E-state index contributed by atoms with van der Waals surface area (Å²) in [4.78, 5) is 0. The summed E-state index contributed by atoms with van der Waals surface area (Å²) >= 11 is 0. The summed E-state index contributed by atoms with van der Waals surface area (Å²) in [5.41, 5.74) is 0.231. The van der Waals surface area contributed by atoms with Crippen molar-refractivity contribution in [3.8, 4) is 0 Å². The number of hydrogen-bond donors (Lipinski definition) is 1. The van der Waals surface area contributed by atoms with Crippen molar-refractivity contribution >= 4 is 0 Å². The zero-order valence-electron chi connectivity index (χ0n) is 11.8. The maximum Gasteiger partial charge on any atom is 0.0703 e. The van der Waals surface area contributed by atoms with Crippen molar-refractivity contribution in [2.45, 2.75) is 53.7 Å². The van der Waals surface area contributed by atoms with Crippen LogP contribution in [0.1, 0.15) is 41.5 Å². The monoisotopic (exact) mass is 231 g/mol. The molecule has 1 atom stereocenters. The van der Waals surface area contributed by atoms with E-state index in [1.165, 1.54) is 0 Å². The molecule has 0 aromatic carbocycles. The predicted octanol–water partition coefficient (Wildman–Crippen LogP) is 2.45. The number of hydrogen-bond acceptors (Lipinski definition) is 3. The third-order valence-corrected chi connectivity index (χ3v) is 2.46. The van der Waals surface area contributed by atoms with E-state index in [0.717, 1.165) is 13.2 Å². The van der Waals surface area contributed by atoms with Gasteiger partial charge in [-0.05, 0) is 25.8 Å². The van der Waals surface area contributed by atoms with Crippen LogP contribution in [-0.4, -0.2) is 38.5 Å². The smallest absolute Gasteiger partial charge is 0.0703 e. The lowest BCUT2D eigenvalue weighted by Crippen LogP contribution is -2.44. The quantitative estimate of drug-likeness (QED) is 0.651. The van der Waals surface area contributed by atoms with Gasteiger partial charge in [-0.2, -0.15) is 0 Å². The van der Waals surface area contributed by atoms with Crippen molar-refractivity contribution in [2.24, 2.45) is 5.41 Å². The molecule has 0 radical (unpaired) electrons. The zero-order chi connectivity index (χ0) is 12.6. The molecule has 0 aliphatic carbocycles. The first kappa shape index (κ1) is 15.9. The van der Waals surface area contributed by atoms with Crippen LogP contribution in [0.15, 0.2) is 0 Å². The standard InChI is InChI=1S/C13H29NO2/c1-7-14-12(13(4,5)6)10-15-8-9-16-11(2)3/h11-12,14H,7-10H2,1-6H3. The van der Waals surface area contributed by atoms with Crippen LogP contribution in [0.25, 0.3) is 0 Å². The summed E-state index contributed by atoms with van der Waals surface area (Å²) in [5, 5.41) is 3.46. The van der Waals surface area contributed by atoms with Gasteiger partial charge in [-0.25, -0.2) is 0 Å². The Morgan fingerprint density at radius 3 is 2.19 bits per heavy atom. The van der Waals surface area contributed by atoms with E-state index >= 15 is 0 Å². The third kappa shape index (κ3) is 8.08. The molecule has 0 bridgehead atoms. The van der Waals surface area contributed by atoms with Crippen LogP contribution >= 0.6 is 0 Å². The normalized spacial score (nSPS) is 14.4. The molecule has 0 aromatic heterocycles. The van der Waals surface area contributed by atoms with Crippen LogP contribution in [0.3, 0.4) is 0 Å². The van der Waals surface area contributed by atoms with Crippen molar-refractivity contribution in [3.63, 3.8) is 0 Å². The fourth-order valence-corrected chi connectivity index (χ4v) is 1.41. The maximum absolute atomic E-state index is 5.64. The van der Waals surface area contributed by atoms with Gasteiger partial charge in [0.15, 0.2) is 0 Å². The molecule has 0 rings (SSSR count). The van der Waals surface area contributed by atoms with E-state index in [1.807, 2.05) is 13.8 Å². The van der Waals surface area contributed by atoms with Crippen LogP contribution in [-0.2, 0) is 9.47 Å². The van der Waals surface area contributed by atoms with Gasteiger partial charge in [0.25, 0.3) is 0 Å². The zero-order valence-corrected chi connectivity index (χ0v) is 11.8. The molecule has 0 amide bonds. The van der Waals surface area contributed by atoms with Gasteiger partial charge < -0.3 is 14.8 Å². The molecule has 16 heavy (non-hydrogen) atoms. The van der Waals surface area contributed by atoms with Gasteiger partial charge in [0.1, 0.15) is 0 Å². The van der Waals surface area contributed by atoms with E-state index in [1.54, 1.807) is 0 Å². The molecule has 0 aliphatic heterocycles. The van der Waals surface area contributed by atoms with E-state index in [9.17, 15) is 0 Å². The molecule has 0 spiro atoms. The lowest BCUT2D eigenvalue weighted by atomic mass is 9.87. The van der Waals surface area contributed by atoms with Gasteiger partial charge in [0.2, 0.25) is 0 Å². The summed E-state index contributed by atoms with van der Waals surface area (Å²) in [6.45, 7) is 16.0. The number of ether oxygens (including phenoxy) is 2. The Hall–Kier alpha value is -0.120.